The summed E-state index contributed by atoms with van der Waals surface area (Å²) >= 11 is 6.18. The molecule has 5 heterocycles. The maximum absolute atomic E-state index is 13.5. The summed E-state index contributed by atoms with van der Waals surface area (Å²) in [5.74, 6) is 0.414. The highest BCUT2D eigenvalue weighted by Gasteiger charge is 2.24. The second kappa shape index (κ2) is 8.17. The Morgan fingerprint density at radius 1 is 1.23 bits per heavy atom. The van der Waals surface area contributed by atoms with E-state index in [1.54, 1.807) is 30.2 Å². The Kier molecular flexibility index (Phi) is 5.08. The lowest BCUT2D eigenvalue weighted by atomic mass is 9.95. The molecular weight excluding hydrogens is 468 g/mol. The van der Waals surface area contributed by atoms with E-state index in [0.717, 1.165) is 40.5 Å². The minimum absolute atomic E-state index is 0.0397. The summed E-state index contributed by atoms with van der Waals surface area (Å²) in [6, 6.07) is 6.85. The molecule has 0 radical (unpaired) electrons. The third kappa shape index (κ3) is 3.48. The van der Waals surface area contributed by atoms with Crippen LogP contribution in [0.2, 0.25) is 5.15 Å². The molecule has 2 N–H and O–H groups in total. The van der Waals surface area contributed by atoms with Crippen molar-refractivity contribution in [2.75, 3.05) is 11.9 Å². The number of nitrogens with one attached hydrogen (secondary N) is 1. The van der Waals surface area contributed by atoms with Crippen molar-refractivity contribution in [3.8, 4) is 11.5 Å². The average Bonchev–Trinajstić information content (AvgIpc) is 3.48. The molecule has 0 aliphatic carbocycles. The average molecular weight is 491 g/mol. The molecule has 4 aromatic heterocycles. The number of hydrogen-bond donors (Lipinski definition) is 2. The van der Waals surface area contributed by atoms with Crippen LogP contribution in [0.15, 0.2) is 41.6 Å². The molecule has 1 aliphatic rings. The van der Waals surface area contributed by atoms with E-state index in [1.807, 2.05) is 34.5 Å². The maximum Gasteiger partial charge on any atom is 0.260 e. The summed E-state index contributed by atoms with van der Waals surface area (Å²) in [6.07, 6.45) is 4.27. The lowest BCUT2D eigenvalue weighted by Crippen LogP contribution is -2.27. The Hall–Kier alpha value is -3.76. The van der Waals surface area contributed by atoms with E-state index in [-0.39, 0.29) is 12.2 Å². The van der Waals surface area contributed by atoms with Crippen LogP contribution >= 0.6 is 11.6 Å². The van der Waals surface area contributed by atoms with Crippen molar-refractivity contribution in [3.05, 3.63) is 63.4 Å². The number of rotatable bonds is 5. The van der Waals surface area contributed by atoms with Crippen LogP contribution in [0.3, 0.4) is 0 Å². The van der Waals surface area contributed by atoms with E-state index < -0.39 is 6.04 Å². The fraction of sp³-hybridized carbons (Fsp3) is 0.292. The third-order valence-corrected chi connectivity index (χ3v) is 6.65. The predicted octanol–water partition coefficient (Wildman–Crippen LogP) is 3.05. The number of aliphatic hydroxyl groups excluding tert-OH is 1. The Morgan fingerprint density at radius 2 is 2.09 bits per heavy atom. The largest absolute Gasteiger partial charge is 0.394 e. The molecule has 1 aliphatic heterocycles. The predicted molar refractivity (Wildman–Crippen MR) is 134 cm³/mol. The first-order valence-corrected chi connectivity index (χ1v) is 11.7. The second-order valence-corrected chi connectivity index (χ2v) is 9.23. The van der Waals surface area contributed by atoms with Crippen LogP contribution in [0.4, 0.5) is 5.69 Å². The molecular formula is C24H23ClN8O2. The number of hydrogen-bond acceptors (Lipinski definition) is 7. The molecule has 1 unspecified atom stereocenters. The minimum atomic E-state index is -0.535. The minimum Gasteiger partial charge on any atom is -0.394 e. The summed E-state index contributed by atoms with van der Waals surface area (Å²) in [6.45, 7) is 3.18. The highest BCUT2D eigenvalue weighted by molar-refractivity contribution is 6.29. The standard InChI is InChI=1S/C24H23ClN8O2/c1-13-8-14(20-15(9-13)24(35)32-6-3-7-33-23(32)16(20)10-27-33)18(11-34)28-17-4-5-19(25)29-21(17)22-26-12-31(2)30-22/h4-5,8-10,12,18,28,34H,3,6-7,11H2,1-2H3. The zero-order chi connectivity index (χ0) is 24.3. The summed E-state index contributed by atoms with van der Waals surface area (Å²) in [4.78, 5) is 22.2. The van der Waals surface area contributed by atoms with E-state index in [9.17, 15) is 9.90 Å². The molecule has 1 aromatic carbocycles. The molecule has 0 saturated heterocycles. The fourth-order valence-electron chi connectivity index (χ4n) is 4.97. The molecule has 6 rings (SSSR count). The molecule has 0 spiro atoms. The molecule has 178 valence electrons. The molecule has 35 heavy (non-hydrogen) atoms. The number of anilines is 1. The smallest absolute Gasteiger partial charge is 0.260 e. The molecule has 0 bridgehead atoms. The lowest BCUT2D eigenvalue weighted by molar-refractivity contribution is 0.277. The first-order valence-electron chi connectivity index (χ1n) is 11.4. The van der Waals surface area contributed by atoms with Crippen LogP contribution in [-0.4, -0.2) is 45.8 Å². The Bertz CT molecular complexity index is 1670. The normalized spacial score (nSPS) is 14.1. The van der Waals surface area contributed by atoms with Crippen molar-refractivity contribution in [3.63, 3.8) is 0 Å². The molecule has 10 nitrogen and oxygen atoms in total. The summed E-state index contributed by atoms with van der Waals surface area (Å²) in [7, 11) is 1.77. The number of aliphatic hydroxyl groups is 1. The van der Waals surface area contributed by atoms with Crippen LogP contribution in [0.5, 0.6) is 0 Å². The fourth-order valence-corrected chi connectivity index (χ4v) is 5.12. The number of fused-ring (bicyclic) bond motifs is 2. The van der Waals surface area contributed by atoms with E-state index in [2.05, 4.69) is 25.5 Å². The molecule has 0 amide bonds. The van der Waals surface area contributed by atoms with Gasteiger partial charge >= 0.3 is 0 Å². The van der Waals surface area contributed by atoms with Crippen LogP contribution in [0, 0.1) is 6.92 Å². The quantitative estimate of drug-likeness (QED) is 0.364. The van der Waals surface area contributed by atoms with Crippen molar-refractivity contribution >= 4 is 39.1 Å². The van der Waals surface area contributed by atoms with Gasteiger partial charge in [-0.25, -0.2) is 14.6 Å². The summed E-state index contributed by atoms with van der Waals surface area (Å²) < 4.78 is 5.29. The van der Waals surface area contributed by atoms with E-state index >= 15 is 0 Å². The van der Waals surface area contributed by atoms with Gasteiger partial charge in [0.15, 0.2) is 0 Å². The van der Waals surface area contributed by atoms with Crippen molar-refractivity contribution in [2.24, 2.45) is 7.05 Å². The van der Waals surface area contributed by atoms with Crippen molar-refractivity contribution in [1.29, 1.82) is 0 Å². The van der Waals surface area contributed by atoms with Crippen molar-refractivity contribution < 1.29 is 5.11 Å². The van der Waals surface area contributed by atoms with Crippen molar-refractivity contribution in [2.45, 2.75) is 32.5 Å². The van der Waals surface area contributed by atoms with Gasteiger partial charge in [0.2, 0.25) is 5.82 Å². The Morgan fingerprint density at radius 3 is 2.86 bits per heavy atom. The summed E-state index contributed by atoms with van der Waals surface area (Å²) in [5.41, 5.74) is 3.62. The van der Waals surface area contributed by atoms with Gasteiger partial charge in [-0.3, -0.25) is 14.0 Å². The van der Waals surface area contributed by atoms with Gasteiger partial charge in [0, 0.05) is 36.3 Å². The number of benzene rings is 1. The molecule has 0 fully saturated rings. The molecule has 5 aromatic rings. The van der Waals surface area contributed by atoms with E-state index in [1.165, 1.54) is 0 Å². The topological polar surface area (TPSA) is 116 Å². The Labute approximate surface area is 204 Å². The van der Waals surface area contributed by atoms with Gasteiger partial charge in [-0.1, -0.05) is 17.7 Å². The van der Waals surface area contributed by atoms with Gasteiger partial charge in [0.25, 0.3) is 5.56 Å². The second-order valence-electron chi connectivity index (χ2n) is 8.84. The van der Waals surface area contributed by atoms with Gasteiger partial charge in [-0.2, -0.15) is 5.10 Å². The van der Waals surface area contributed by atoms with Gasteiger partial charge < -0.3 is 10.4 Å². The maximum atomic E-state index is 13.5. The first kappa shape index (κ1) is 21.8. The van der Waals surface area contributed by atoms with E-state index in [4.69, 9.17) is 11.6 Å². The molecule has 11 heteroatoms. The monoisotopic (exact) mass is 490 g/mol. The van der Waals surface area contributed by atoms with Crippen LogP contribution in [-0.2, 0) is 20.1 Å². The van der Waals surface area contributed by atoms with Gasteiger partial charge in [0.1, 0.15) is 22.8 Å². The number of aryl methyl sites for hydroxylation is 4. The van der Waals surface area contributed by atoms with Gasteiger partial charge in [-0.05, 0) is 42.7 Å². The zero-order valence-corrected chi connectivity index (χ0v) is 20.0. The highest BCUT2D eigenvalue weighted by atomic mass is 35.5. The first-order chi connectivity index (χ1) is 16.9. The number of aromatic nitrogens is 7. The molecule has 1 atom stereocenters. The zero-order valence-electron chi connectivity index (χ0n) is 19.2. The summed E-state index contributed by atoms with van der Waals surface area (Å²) in [5, 5.41) is 25.5. The number of halogens is 1. The lowest BCUT2D eigenvalue weighted by Gasteiger charge is -2.23. The van der Waals surface area contributed by atoms with Crippen LogP contribution < -0.4 is 10.9 Å². The van der Waals surface area contributed by atoms with Crippen LogP contribution in [0.25, 0.3) is 33.3 Å². The van der Waals surface area contributed by atoms with Gasteiger partial charge in [-0.15, -0.1) is 5.10 Å². The van der Waals surface area contributed by atoms with Crippen LogP contribution in [0.1, 0.15) is 23.6 Å². The number of nitrogens with zero attached hydrogens (tertiary/aromatic N) is 7. The van der Waals surface area contributed by atoms with Crippen molar-refractivity contribution in [1.82, 2.24) is 34.1 Å². The number of pyridine rings is 2. The highest BCUT2D eigenvalue weighted by Crippen LogP contribution is 2.35. The van der Waals surface area contributed by atoms with Gasteiger partial charge in [0.05, 0.1) is 24.5 Å². The Balaban J connectivity index is 1.55. The molecule has 0 saturated carbocycles. The third-order valence-electron chi connectivity index (χ3n) is 6.44. The SMILES string of the molecule is Cc1cc(C(CO)Nc2ccc(Cl)nc2-c2ncn(C)n2)c2c(c1)c(=O)n1c3c2cnn3CCC1. The van der Waals surface area contributed by atoms with E-state index in [0.29, 0.717) is 34.3 Å².